The summed E-state index contributed by atoms with van der Waals surface area (Å²) in [5.41, 5.74) is 2.90. The van der Waals surface area contributed by atoms with Gasteiger partial charge in [0.2, 0.25) is 5.91 Å². The number of ether oxygens (including phenoxy) is 1. The molecule has 1 aromatic heterocycles. The Labute approximate surface area is 245 Å². The van der Waals surface area contributed by atoms with Crippen LogP contribution in [-0.2, 0) is 29.0 Å². The summed E-state index contributed by atoms with van der Waals surface area (Å²) in [7, 11) is 0. The number of carbonyl (C=O) groups is 2. The quantitative estimate of drug-likeness (QED) is 0.223. The second kappa shape index (κ2) is 16.1. The number of amides is 2. The lowest BCUT2D eigenvalue weighted by molar-refractivity contribution is -0.133. The standard InChI is InChI=1S/C34H45N3O4/c1-3-4-6-10-29-14-16-31(17-15-29)34(39)36(20-9-19-35-21-23-40-24-22-35)27-33(38)37(25-30-11-7-5-8-12-30)26-32-18-13-28(2)41-32/h5,7-8,11-18H,3-4,6,9-10,19-27H2,1-2H3. The third kappa shape index (κ3) is 9.87. The Balaban J connectivity index is 1.48. The molecule has 7 nitrogen and oxygen atoms in total. The zero-order valence-corrected chi connectivity index (χ0v) is 24.7. The first-order valence-corrected chi connectivity index (χ1v) is 15.1. The van der Waals surface area contributed by atoms with Gasteiger partial charge in [0.05, 0.1) is 19.8 Å². The van der Waals surface area contributed by atoms with Gasteiger partial charge in [-0.05, 0) is 61.6 Å². The average molecular weight is 560 g/mol. The van der Waals surface area contributed by atoms with Crippen molar-refractivity contribution in [1.82, 2.24) is 14.7 Å². The van der Waals surface area contributed by atoms with Crippen molar-refractivity contribution in [3.63, 3.8) is 0 Å². The summed E-state index contributed by atoms with van der Waals surface area (Å²) >= 11 is 0. The van der Waals surface area contributed by atoms with Crippen molar-refractivity contribution in [2.45, 2.75) is 59.0 Å². The largest absolute Gasteiger partial charge is 0.464 e. The molecule has 0 aliphatic carbocycles. The highest BCUT2D eigenvalue weighted by Gasteiger charge is 2.24. The van der Waals surface area contributed by atoms with E-state index in [0.29, 0.717) is 25.2 Å². The highest BCUT2D eigenvalue weighted by atomic mass is 16.5. The highest BCUT2D eigenvalue weighted by Crippen LogP contribution is 2.16. The molecule has 1 aliphatic rings. The first-order chi connectivity index (χ1) is 20.0. The molecule has 4 rings (SSSR count). The van der Waals surface area contributed by atoms with Crippen molar-refractivity contribution < 1.29 is 18.7 Å². The molecule has 2 aromatic carbocycles. The van der Waals surface area contributed by atoms with Crippen LogP contribution in [0, 0.1) is 6.92 Å². The monoisotopic (exact) mass is 559 g/mol. The number of nitrogens with zero attached hydrogens (tertiary/aromatic N) is 3. The number of hydrogen-bond donors (Lipinski definition) is 0. The molecule has 0 bridgehead atoms. The van der Waals surface area contributed by atoms with Crippen LogP contribution in [0.1, 0.15) is 65.6 Å². The molecule has 1 aliphatic heterocycles. The Morgan fingerprint density at radius 1 is 0.829 bits per heavy atom. The number of benzene rings is 2. The predicted octanol–water partition coefficient (Wildman–Crippen LogP) is 5.71. The van der Waals surface area contributed by atoms with Crippen LogP contribution >= 0.6 is 0 Å². The molecule has 3 aromatic rings. The average Bonchev–Trinajstić information content (AvgIpc) is 3.41. The normalized spacial score (nSPS) is 13.7. The molecular formula is C34H45N3O4. The molecule has 0 saturated carbocycles. The number of aryl methyl sites for hydroxylation is 2. The van der Waals surface area contributed by atoms with E-state index < -0.39 is 0 Å². The molecular weight excluding hydrogens is 514 g/mol. The predicted molar refractivity (Wildman–Crippen MR) is 162 cm³/mol. The van der Waals surface area contributed by atoms with Gasteiger partial charge in [-0.2, -0.15) is 0 Å². The Kier molecular flexibility index (Phi) is 12.0. The van der Waals surface area contributed by atoms with E-state index >= 15 is 0 Å². The molecule has 0 N–H and O–H groups in total. The zero-order chi connectivity index (χ0) is 28.9. The van der Waals surface area contributed by atoms with Crippen LogP contribution in [0.15, 0.2) is 71.1 Å². The zero-order valence-electron chi connectivity index (χ0n) is 24.7. The minimum absolute atomic E-state index is 0.0206. The van der Waals surface area contributed by atoms with Crippen LogP contribution in [0.4, 0.5) is 0 Å². The van der Waals surface area contributed by atoms with E-state index in [1.54, 1.807) is 9.80 Å². The first-order valence-electron chi connectivity index (χ1n) is 15.1. The van der Waals surface area contributed by atoms with Crippen LogP contribution in [0.5, 0.6) is 0 Å². The lowest BCUT2D eigenvalue weighted by Crippen LogP contribution is -2.44. The molecule has 2 amide bonds. The fourth-order valence-electron chi connectivity index (χ4n) is 5.20. The lowest BCUT2D eigenvalue weighted by atomic mass is 10.0. The van der Waals surface area contributed by atoms with Gasteiger partial charge in [-0.1, -0.05) is 62.2 Å². The Morgan fingerprint density at radius 2 is 1.59 bits per heavy atom. The number of rotatable bonds is 15. The summed E-state index contributed by atoms with van der Waals surface area (Å²) < 4.78 is 11.3. The van der Waals surface area contributed by atoms with E-state index in [4.69, 9.17) is 9.15 Å². The molecule has 2 heterocycles. The summed E-state index contributed by atoms with van der Waals surface area (Å²) in [6, 6.07) is 21.7. The van der Waals surface area contributed by atoms with Gasteiger partial charge in [0, 0.05) is 38.3 Å². The van der Waals surface area contributed by atoms with Crippen LogP contribution in [0.25, 0.3) is 0 Å². The minimum atomic E-state index is -0.103. The van der Waals surface area contributed by atoms with E-state index in [1.165, 1.54) is 18.4 Å². The second-order valence-electron chi connectivity index (χ2n) is 10.9. The fourth-order valence-corrected chi connectivity index (χ4v) is 5.20. The maximum atomic E-state index is 13.8. The van der Waals surface area contributed by atoms with Crippen LogP contribution in [-0.4, -0.2) is 72.5 Å². The molecule has 0 unspecified atom stereocenters. The fraction of sp³-hybridized carbons (Fsp3) is 0.471. The molecule has 1 fully saturated rings. The highest BCUT2D eigenvalue weighted by molar-refractivity contribution is 5.96. The van der Waals surface area contributed by atoms with Crippen LogP contribution < -0.4 is 0 Å². The van der Waals surface area contributed by atoms with Crippen molar-refractivity contribution in [1.29, 1.82) is 0 Å². The summed E-state index contributed by atoms with van der Waals surface area (Å²) in [4.78, 5) is 33.5. The molecule has 0 atom stereocenters. The van der Waals surface area contributed by atoms with E-state index in [-0.39, 0.29) is 18.4 Å². The minimum Gasteiger partial charge on any atom is -0.464 e. The van der Waals surface area contributed by atoms with Crippen LogP contribution in [0.3, 0.4) is 0 Å². The first kappa shape index (κ1) is 30.5. The van der Waals surface area contributed by atoms with E-state index in [2.05, 4.69) is 24.0 Å². The summed E-state index contributed by atoms with van der Waals surface area (Å²) in [6.45, 7) is 9.59. The van der Waals surface area contributed by atoms with Crippen molar-refractivity contribution in [3.8, 4) is 0 Å². The second-order valence-corrected chi connectivity index (χ2v) is 10.9. The van der Waals surface area contributed by atoms with Crippen LogP contribution in [0.2, 0.25) is 0 Å². The Hall–Kier alpha value is -3.42. The Bertz CT molecular complexity index is 1200. The van der Waals surface area contributed by atoms with E-state index in [1.807, 2.05) is 61.5 Å². The van der Waals surface area contributed by atoms with Gasteiger partial charge in [0.1, 0.15) is 18.1 Å². The Morgan fingerprint density at radius 3 is 2.27 bits per heavy atom. The molecule has 41 heavy (non-hydrogen) atoms. The lowest BCUT2D eigenvalue weighted by Gasteiger charge is -2.30. The number of carbonyl (C=O) groups excluding carboxylic acids is 2. The summed E-state index contributed by atoms with van der Waals surface area (Å²) in [6.07, 6.45) is 5.36. The maximum Gasteiger partial charge on any atom is 0.254 e. The molecule has 7 heteroatoms. The number of morpholine rings is 1. The van der Waals surface area contributed by atoms with Gasteiger partial charge >= 0.3 is 0 Å². The third-order valence-electron chi connectivity index (χ3n) is 7.60. The number of furan rings is 1. The van der Waals surface area contributed by atoms with Crippen molar-refractivity contribution in [2.75, 3.05) is 45.9 Å². The van der Waals surface area contributed by atoms with E-state index in [9.17, 15) is 9.59 Å². The van der Waals surface area contributed by atoms with Gasteiger partial charge < -0.3 is 19.0 Å². The SMILES string of the molecule is CCCCCc1ccc(C(=O)N(CCCN2CCOCC2)CC(=O)N(Cc2ccccc2)Cc2ccc(C)o2)cc1. The van der Waals surface area contributed by atoms with Crippen molar-refractivity contribution >= 4 is 11.8 Å². The molecule has 220 valence electrons. The van der Waals surface area contributed by atoms with Crippen molar-refractivity contribution in [3.05, 3.63) is 94.9 Å². The van der Waals surface area contributed by atoms with Crippen molar-refractivity contribution in [2.24, 2.45) is 0 Å². The third-order valence-corrected chi connectivity index (χ3v) is 7.60. The maximum absolute atomic E-state index is 13.8. The number of unbranched alkanes of at least 4 members (excludes halogenated alkanes) is 2. The molecule has 1 saturated heterocycles. The molecule has 0 spiro atoms. The summed E-state index contributed by atoms with van der Waals surface area (Å²) in [5, 5.41) is 0. The smallest absolute Gasteiger partial charge is 0.254 e. The topological polar surface area (TPSA) is 66.2 Å². The van der Waals surface area contributed by atoms with Gasteiger partial charge in [0.15, 0.2) is 0 Å². The van der Waals surface area contributed by atoms with Gasteiger partial charge in [-0.25, -0.2) is 0 Å². The molecule has 0 radical (unpaired) electrons. The number of hydrogen-bond acceptors (Lipinski definition) is 5. The van der Waals surface area contributed by atoms with Gasteiger partial charge in [-0.3, -0.25) is 14.5 Å². The van der Waals surface area contributed by atoms with E-state index in [0.717, 1.165) is 69.2 Å². The summed E-state index contributed by atoms with van der Waals surface area (Å²) in [5.74, 6) is 1.34. The van der Waals surface area contributed by atoms with Gasteiger partial charge in [0.25, 0.3) is 5.91 Å². The van der Waals surface area contributed by atoms with Gasteiger partial charge in [-0.15, -0.1) is 0 Å².